The molecule has 6 heteroatoms. The molecule has 1 fully saturated rings. The fourth-order valence-corrected chi connectivity index (χ4v) is 4.08. The van der Waals surface area contributed by atoms with Crippen molar-refractivity contribution in [2.45, 2.75) is 38.6 Å². The number of aromatic nitrogens is 2. The molecule has 1 aromatic heterocycles. The van der Waals surface area contributed by atoms with Crippen LogP contribution in [0.5, 0.6) is 11.5 Å². The van der Waals surface area contributed by atoms with E-state index in [0.29, 0.717) is 24.5 Å². The van der Waals surface area contributed by atoms with Crippen molar-refractivity contribution in [2.75, 3.05) is 25.7 Å². The van der Waals surface area contributed by atoms with E-state index in [9.17, 15) is 4.79 Å². The van der Waals surface area contributed by atoms with Crippen LogP contribution in [0, 0.1) is 0 Å². The Morgan fingerprint density at radius 3 is 2.72 bits per heavy atom. The molecule has 6 nitrogen and oxygen atoms in total. The van der Waals surface area contributed by atoms with Crippen LogP contribution in [0.15, 0.2) is 42.5 Å². The van der Waals surface area contributed by atoms with Gasteiger partial charge < -0.3 is 18.9 Å². The van der Waals surface area contributed by atoms with E-state index in [1.165, 1.54) is 0 Å². The van der Waals surface area contributed by atoms with Crippen LogP contribution in [-0.2, 0) is 11.3 Å². The first-order chi connectivity index (χ1) is 14.2. The minimum Gasteiger partial charge on any atom is -0.497 e. The SMILES string of the molecule is CCCCn1c([C@@H]2CC(=O)N(c3cc(OC)ccc3OC)C2)nc2ccccc21. The summed E-state index contributed by atoms with van der Waals surface area (Å²) in [5.41, 5.74) is 2.87. The quantitative estimate of drug-likeness (QED) is 0.598. The Kier molecular flexibility index (Phi) is 5.43. The zero-order valence-corrected chi connectivity index (χ0v) is 17.2. The van der Waals surface area contributed by atoms with Crippen LogP contribution in [-0.4, -0.2) is 36.2 Å². The number of fused-ring (bicyclic) bond motifs is 1. The number of anilines is 1. The Bertz CT molecular complexity index is 1030. The number of methoxy groups -OCH3 is 2. The van der Waals surface area contributed by atoms with Crippen molar-refractivity contribution >= 4 is 22.6 Å². The zero-order chi connectivity index (χ0) is 20.4. The van der Waals surface area contributed by atoms with Crippen LogP contribution in [0.1, 0.15) is 37.9 Å². The maximum Gasteiger partial charge on any atom is 0.227 e. The van der Waals surface area contributed by atoms with Gasteiger partial charge in [0.15, 0.2) is 0 Å². The van der Waals surface area contributed by atoms with E-state index >= 15 is 0 Å². The highest BCUT2D eigenvalue weighted by molar-refractivity contribution is 5.98. The first kappa shape index (κ1) is 19.3. The molecule has 0 aliphatic carbocycles. The molecule has 0 bridgehead atoms. The molecule has 1 saturated heterocycles. The van der Waals surface area contributed by atoms with Gasteiger partial charge >= 0.3 is 0 Å². The monoisotopic (exact) mass is 393 g/mol. The molecule has 29 heavy (non-hydrogen) atoms. The molecule has 4 rings (SSSR count). The number of hydrogen-bond donors (Lipinski definition) is 0. The molecule has 0 N–H and O–H groups in total. The average molecular weight is 393 g/mol. The van der Waals surface area contributed by atoms with E-state index in [1.54, 1.807) is 19.1 Å². The number of hydrogen-bond acceptors (Lipinski definition) is 4. The van der Waals surface area contributed by atoms with Crippen LogP contribution in [0.3, 0.4) is 0 Å². The molecule has 1 atom stereocenters. The number of unbranched alkanes of at least 4 members (excludes halogenated alkanes) is 1. The molecule has 2 aromatic carbocycles. The molecule has 0 spiro atoms. The molecular formula is C23H27N3O3. The van der Waals surface area contributed by atoms with E-state index in [2.05, 4.69) is 17.6 Å². The third-order valence-electron chi connectivity index (χ3n) is 5.59. The van der Waals surface area contributed by atoms with Crippen molar-refractivity contribution < 1.29 is 14.3 Å². The zero-order valence-electron chi connectivity index (χ0n) is 17.2. The van der Waals surface area contributed by atoms with Gasteiger partial charge in [-0.25, -0.2) is 4.98 Å². The van der Waals surface area contributed by atoms with Gasteiger partial charge in [-0.3, -0.25) is 4.79 Å². The van der Waals surface area contributed by atoms with Crippen molar-refractivity contribution in [3.63, 3.8) is 0 Å². The molecule has 0 saturated carbocycles. The predicted molar refractivity (Wildman–Crippen MR) is 114 cm³/mol. The van der Waals surface area contributed by atoms with Gasteiger partial charge in [-0.2, -0.15) is 0 Å². The molecule has 1 aliphatic heterocycles. The highest BCUT2D eigenvalue weighted by atomic mass is 16.5. The number of para-hydroxylation sites is 2. The van der Waals surface area contributed by atoms with Crippen molar-refractivity contribution in [2.24, 2.45) is 0 Å². The lowest BCUT2D eigenvalue weighted by Gasteiger charge is -2.20. The summed E-state index contributed by atoms with van der Waals surface area (Å²) in [6, 6.07) is 13.7. The van der Waals surface area contributed by atoms with E-state index < -0.39 is 0 Å². The summed E-state index contributed by atoms with van der Waals surface area (Å²) in [5.74, 6) is 2.49. The number of benzene rings is 2. The van der Waals surface area contributed by atoms with Gasteiger partial charge in [-0.15, -0.1) is 0 Å². The minimum absolute atomic E-state index is 0.0441. The van der Waals surface area contributed by atoms with Crippen molar-refractivity contribution in [3.8, 4) is 11.5 Å². The number of nitrogens with zero attached hydrogens (tertiary/aromatic N) is 3. The summed E-state index contributed by atoms with van der Waals surface area (Å²) in [6.07, 6.45) is 2.64. The molecule has 3 aromatic rings. The Hall–Kier alpha value is -3.02. The van der Waals surface area contributed by atoms with E-state index in [4.69, 9.17) is 14.5 Å². The minimum atomic E-state index is 0.0441. The van der Waals surface area contributed by atoms with Gasteiger partial charge in [0.05, 0.1) is 30.9 Å². The maximum atomic E-state index is 13.0. The Labute approximate surface area is 171 Å². The van der Waals surface area contributed by atoms with Gasteiger partial charge in [0.25, 0.3) is 0 Å². The standard InChI is InChI=1S/C23H27N3O3/c1-4-5-12-25-19-9-7-6-8-18(19)24-23(25)16-13-22(27)26(15-16)20-14-17(28-2)10-11-21(20)29-3/h6-11,14,16H,4-5,12-13,15H2,1-3H3/t16-/m1/s1. The van der Waals surface area contributed by atoms with E-state index in [-0.39, 0.29) is 11.8 Å². The largest absolute Gasteiger partial charge is 0.497 e. The average Bonchev–Trinajstić information content (AvgIpc) is 3.32. The van der Waals surface area contributed by atoms with Gasteiger partial charge in [0.2, 0.25) is 5.91 Å². The third-order valence-corrected chi connectivity index (χ3v) is 5.59. The number of rotatable bonds is 7. The Morgan fingerprint density at radius 2 is 1.97 bits per heavy atom. The molecule has 1 amide bonds. The highest BCUT2D eigenvalue weighted by Gasteiger charge is 2.36. The number of aryl methyl sites for hydroxylation is 1. The number of carbonyl (C=O) groups is 1. The lowest BCUT2D eigenvalue weighted by Crippen LogP contribution is -2.25. The van der Waals surface area contributed by atoms with Crippen LogP contribution in [0.25, 0.3) is 11.0 Å². The molecule has 2 heterocycles. The summed E-state index contributed by atoms with van der Waals surface area (Å²) in [5, 5.41) is 0. The van der Waals surface area contributed by atoms with Crippen molar-refractivity contribution in [1.82, 2.24) is 9.55 Å². The third kappa shape index (κ3) is 3.55. The molecular weight excluding hydrogens is 366 g/mol. The van der Waals surface area contributed by atoms with Crippen molar-refractivity contribution in [1.29, 1.82) is 0 Å². The van der Waals surface area contributed by atoms with Gasteiger partial charge in [-0.1, -0.05) is 25.5 Å². The summed E-state index contributed by atoms with van der Waals surface area (Å²) in [7, 11) is 3.24. The number of carbonyl (C=O) groups excluding carboxylic acids is 1. The van der Waals surface area contributed by atoms with E-state index in [1.807, 2.05) is 36.4 Å². The second kappa shape index (κ2) is 8.15. The van der Waals surface area contributed by atoms with Crippen LogP contribution >= 0.6 is 0 Å². The second-order valence-corrected chi connectivity index (χ2v) is 7.41. The molecule has 152 valence electrons. The lowest BCUT2D eigenvalue weighted by atomic mass is 10.1. The number of imidazole rings is 1. The van der Waals surface area contributed by atoms with Gasteiger partial charge in [0, 0.05) is 31.5 Å². The van der Waals surface area contributed by atoms with E-state index in [0.717, 1.165) is 41.9 Å². The molecule has 0 unspecified atom stereocenters. The highest BCUT2D eigenvalue weighted by Crippen LogP contribution is 2.39. The summed E-state index contributed by atoms with van der Waals surface area (Å²) >= 11 is 0. The first-order valence-electron chi connectivity index (χ1n) is 10.1. The van der Waals surface area contributed by atoms with Crippen LogP contribution in [0.4, 0.5) is 5.69 Å². The fourth-order valence-electron chi connectivity index (χ4n) is 4.08. The normalized spacial score (nSPS) is 16.6. The smallest absolute Gasteiger partial charge is 0.227 e. The topological polar surface area (TPSA) is 56.6 Å². The van der Waals surface area contributed by atoms with Crippen LogP contribution < -0.4 is 14.4 Å². The molecule has 0 radical (unpaired) electrons. The van der Waals surface area contributed by atoms with Crippen molar-refractivity contribution in [3.05, 3.63) is 48.3 Å². The number of amides is 1. The second-order valence-electron chi connectivity index (χ2n) is 7.41. The van der Waals surface area contributed by atoms with Gasteiger partial charge in [-0.05, 0) is 30.7 Å². The summed E-state index contributed by atoms with van der Waals surface area (Å²) < 4.78 is 13.1. The first-order valence-corrected chi connectivity index (χ1v) is 10.1. The Balaban J connectivity index is 1.70. The lowest BCUT2D eigenvalue weighted by molar-refractivity contribution is -0.117. The predicted octanol–water partition coefficient (Wildman–Crippen LogP) is 4.37. The number of ether oxygens (including phenoxy) is 2. The summed E-state index contributed by atoms with van der Waals surface area (Å²) in [6.45, 7) is 3.69. The summed E-state index contributed by atoms with van der Waals surface area (Å²) in [4.78, 5) is 19.7. The maximum absolute atomic E-state index is 13.0. The fraction of sp³-hybridized carbons (Fsp3) is 0.391. The Morgan fingerprint density at radius 1 is 1.14 bits per heavy atom. The van der Waals surface area contributed by atoms with Gasteiger partial charge in [0.1, 0.15) is 17.3 Å². The van der Waals surface area contributed by atoms with Crippen LogP contribution in [0.2, 0.25) is 0 Å². The molecule has 1 aliphatic rings.